The van der Waals surface area contributed by atoms with Crippen molar-refractivity contribution in [1.82, 2.24) is 0 Å². The fraction of sp³-hybridized carbons (Fsp3) is 0.231. The van der Waals surface area contributed by atoms with Gasteiger partial charge in [0, 0.05) is 0 Å². The third-order valence-corrected chi connectivity index (χ3v) is 2.10. The molecule has 0 N–H and O–H groups in total. The molecular formula is C13H19FeO3P. The summed E-state index contributed by atoms with van der Waals surface area (Å²) in [5, 5.41) is 0. The van der Waals surface area contributed by atoms with Crippen LogP contribution in [-0.4, -0.2) is 6.16 Å². The second-order valence-corrected chi connectivity index (χ2v) is 4.19. The van der Waals surface area contributed by atoms with E-state index in [1.807, 2.05) is 30.3 Å². The Bertz CT molecular complexity index is 333. The Balaban J connectivity index is -0.000000409. The van der Waals surface area contributed by atoms with Crippen LogP contribution in [0.3, 0.4) is 0 Å². The van der Waals surface area contributed by atoms with Crippen LogP contribution in [0.1, 0.15) is 19.4 Å². The molecule has 0 radical (unpaired) electrons. The summed E-state index contributed by atoms with van der Waals surface area (Å²) in [5.74, 6) is 0. The van der Waals surface area contributed by atoms with Crippen LogP contribution in [0.15, 0.2) is 36.4 Å². The molecule has 102 valence electrons. The number of rotatable bonds is 3. The number of allylic oxidation sites excluding steroid dienone is 1. The fourth-order valence-electron chi connectivity index (χ4n) is 0.882. The smallest absolute Gasteiger partial charge is 0.811 e. The van der Waals surface area contributed by atoms with E-state index in [2.05, 4.69) is 13.8 Å². The zero-order chi connectivity index (χ0) is 13.7. The molecule has 18 heavy (non-hydrogen) atoms. The topological polar surface area (TPSA) is 63.2 Å². The molecule has 0 fully saturated rings. The van der Waals surface area contributed by atoms with E-state index in [1.165, 1.54) is 6.08 Å². The van der Waals surface area contributed by atoms with Crippen LogP contribution in [0.4, 0.5) is 0 Å². The van der Waals surface area contributed by atoms with Gasteiger partial charge in [-0.3, -0.25) is 0 Å². The second kappa shape index (κ2) is 14.7. The summed E-state index contributed by atoms with van der Waals surface area (Å²) < 4.78 is 10.2. The molecule has 0 aliphatic rings. The quantitative estimate of drug-likeness (QED) is 0.489. The molecule has 0 aliphatic heterocycles. The molecule has 1 rings (SSSR count). The van der Waals surface area contributed by atoms with Crippen LogP contribution < -0.4 is 9.79 Å². The third kappa shape index (κ3) is 15.6. The largest absolute Gasteiger partial charge is 4.00 e. The third-order valence-electron chi connectivity index (χ3n) is 1.44. The summed E-state index contributed by atoms with van der Waals surface area (Å²) in [6.07, 6.45) is 2.54. The summed E-state index contributed by atoms with van der Waals surface area (Å²) in [7, 11) is -4.39. The first-order valence-corrected chi connectivity index (χ1v) is 6.95. The Kier molecular flexibility index (Phi) is 18.6. The molecule has 0 aliphatic carbocycles. The van der Waals surface area contributed by atoms with Crippen molar-refractivity contribution in [3.63, 3.8) is 0 Å². The van der Waals surface area contributed by atoms with Crippen LogP contribution in [0.5, 0.6) is 0 Å². The van der Waals surface area contributed by atoms with E-state index < -0.39 is 13.8 Å². The molecule has 0 atom stereocenters. The molecule has 1 aromatic carbocycles. The zero-order valence-electron chi connectivity index (χ0n) is 10.7. The van der Waals surface area contributed by atoms with Gasteiger partial charge < -0.3 is 28.2 Å². The Labute approximate surface area is 121 Å². The van der Waals surface area contributed by atoms with Crippen LogP contribution in [-0.2, 0) is 21.6 Å². The summed E-state index contributed by atoms with van der Waals surface area (Å²) >= 11 is 0. The van der Waals surface area contributed by atoms with E-state index in [-0.39, 0.29) is 17.1 Å². The molecular weight excluding hydrogens is 291 g/mol. The van der Waals surface area contributed by atoms with Gasteiger partial charge in [0.05, 0.1) is 0 Å². The maximum Gasteiger partial charge on any atom is 4.00 e. The Hall–Kier alpha value is -0.371. The molecule has 3 nitrogen and oxygen atoms in total. The SMILES string of the molecule is O=P([O-])([O-])CC=Cc1ccccc1.[CH2-]C.[CH2-]C.[Fe+4]. The number of benzene rings is 1. The monoisotopic (exact) mass is 310 g/mol. The number of hydrogen-bond donors (Lipinski definition) is 0. The zero-order valence-corrected chi connectivity index (χ0v) is 12.7. The van der Waals surface area contributed by atoms with Gasteiger partial charge in [-0.1, -0.05) is 50.1 Å². The molecule has 0 heterocycles. The van der Waals surface area contributed by atoms with Crippen molar-refractivity contribution in [2.45, 2.75) is 13.8 Å². The van der Waals surface area contributed by atoms with Crippen molar-refractivity contribution >= 4 is 13.7 Å². The van der Waals surface area contributed by atoms with Gasteiger partial charge in [-0.2, -0.15) is 13.8 Å². The minimum Gasteiger partial charge on any atom is -0.811 e. The molecule has 0 amide bonds. The maximum absolute atomic E-state index is 10.2. The van der Waals surface area contributed by atoms with E-state index in [4.69, 9.17) is 0 Å². The van der Waals surface area contributed by atoms with Gasteiger partial charge in [0.1, 0.15) is 0 Å². The van der Waals surface area contributed by atoms with Gasteiger partial charge in [0.25, 0.3) is 0 Å². The van der Waals surface area contributed by atoms with Gasteiger partial charge in [-0.15, -0.1) is 0 Å². The van der Waals surface area contributed by atoms with Crippen molar-refractivity contribution in [1.29, 1.82) is 0 Å². The Morgan fingerprint density at radius 2 is 1.56 bits per heavy atom. The molecule has 0 saturated heterocycles. The molecule has 1 aromatic rings. The van der Waals surface area contributed by atoms with Crippen LogP contribution in [0.2, 0.25) is 0 Å². The fourth-order valence-corrected chi connectivity index (χ4v) is 1.25. The predicted octanol–water partition coefficient (Wildman–Crippen LogP) is 2.29. The van der Waals surface area contributed by atoms with E-state index >= 15 is 0 Å². The van der Waals surface area contributed by atoms with E-state index in [0.717, 1.165) is 5.56 Å². The van der Waals surface area contributed by atoms with Crippen LogP contribution in [0, 0.1) is 13.8 Å². The van der Waals surface area contributed by atoms with Crippen molar-refractivity contribution in [2.75, 3.05) is 6.16 Å². The Morgan fingerprint density at radius 3 is 1.94 bits per heavy atom. The summed E-state index contributed by atoms with van der Waals surface area (Å²) in [6.45, 7) is 10.0. The van der Waals surface area contributed by atoms with Crippen molar-refractivity contribution in [3.8, 4) is 0 Å². The first kappa shape index (κ1) is 22.8. The maximum atomic E-state index is 10.2. The molecule has 0 unspecified atom stereocenters. The molecule has 5 heteroatoms. The van der Waals surface area contributed by atoms with Crippen LogP contribution >= 0.6 is 7.60 Å². The van der Waals surface area contributed by atoms with E-state index in [1.54, 1.807) is 19.9 Å². The van der Waals surface area contributed by atoms with Gasteiger partial charge >= 0.3 is 17.1 Å². The first-order chi connectivity index (χ1) is 8.08. The van der Waals surface area contributed by atoms with Gasteiger partial charge in [-0.25, -0.2) is 0 Å². The molecule has 0 aromatic heterocycles. The summed E-state index contributed by atoms with van der Waals surface area (Å²) in [5.41, 5.74) is 0.885. The number of hydrogen-bond acceptors (Lipinski definition) is 3. The summed E-state index contributed by atoms with van der Waals surface area (Å²) in [4.78, 5) is 20.5. The van der Waals surface area contributed by atoms with Crippen molar-refractivity contribution in [3.05, 3.63) is 55.8 Å². The molecule has 0 saturated carbocycles. The van der Waals surface area contributed by atoms with Gasteiger partial charge in [0.2, 0.25) is 0 Å². The minimum absolute atomic E-state index is 0. The first-order valence-electron chi connectivity index (χ1n) is 5.22. The van der Waals surface area contributed by atoms with Crippen molar-refractivity contribution < 1.29 is 31.4 Å². The second-order valence-electron chi connectivity index (χ2n) is 2.61. The normalized spacial score (nSPS) is 9.44. The standard InChI is InChI=1S/C9H11O3P.2C2H5.Fe/c10-13(11,12)8-4-7-9-5-2-1-3-6-9;2*1-2;/h1-7H,8H2,(H2,10,11,12);2*1H2,2H3;/q;2*-1;+4/p-2. The van der Waals surface area contributed by atoms with Crippen molar-refractivity contribution in [2.24, 2.45) is 0 Å². The van der Waals surface area contributed by atoms with Gasteiger partial charge in [0.15, 0.2) is 0 Å². The average Bonchev–Trinajstić information content (AvgIpc) is 2.34. The Morgan fingerprint density at radius 1 is 1.11 bits per heavy atom. The van der Waals surface area contributed by atoms with E-state index in [0.29, 0.717) is 0 Å². The van der Waals surface area contributed by atoms with Gasteiger partial charge in [-0.05, 0) is 11.7 Å². The average molecular weight is 310 g/mol. The molecule has 0 spiro atoms. The molecule has 0 bridgehead atoms. The minimum atomic E-state index is -4.39. The summed E-state index contributed by atoms with van der Waals surface area (Å²) in [6, 6.07) is 9.21. The van der Waals surface area contributed by atoms with E-state index in [9.17, 15) is 14.4 Å². The predicted molar refractivity (Wildman–Crippen MR) is 70.0 cm³/mol. The van der Waals surface area contributed by atoms with Crippen LogP contribution in [0.25, 0.3) is 6.08 Å².